The van der Waals surface area contributed by atoms with Crippen LogP contribution >= 0.6 is 0 Å². The molecule has 0 spiro atoms. The van der Waals surface area contributed by atoms with Gasteiger partial charge in [-0.15, -0.1) is 10.2 Å². The zero-order chi connectivity index (χ0) is 17.6. The molecular formula is C17H23N7O. The lowest BCUT2D eigenvalue weighted by Crippen LogP contribution is -2.42. The van der Waals surface area contributed by atoms with Crippen LogP contribution in [0.15, 0.2) is 24.5 Å². The number of hydrogen-bond donors (Lipinski definition) is 2. The quantitative estimate of drug-likeness (QED) is 0.845. The van der Waals surface area contributed by atoms with Gasteiger partial charge in [0.1, 0.15) is 18.0 Å². The molecule has 1 atom stereocenters. The molecule has 2 aromatic rings. The van der Waals surface area contributed by atoms with E-state index in [4.69, 9.17) is 0 Å². The molecule has 1 aliphatic rings. The molecule has 8 nitrogen and oxygen atoms in total. The molecule has 0 saturated carbocycles. The molecule has 8 heteroatoms. The lowest BCUT2D eigenvalue weighted by molar-refractivity contribution is 0.0957. The zero-order valence-corrected chi connectivity index (χ0v) is 14.6. The summed E-state index contributed by atoms with van der Waals surface area (Å²) in [6, 6.07) is 5.78. The molecule has 1 aliphatic heterocycles. The predicted molar refractivity (Wildman–Crippen MR) is 95.7 cm³/mol. The molecule has 1 unspecified atom stereocenters. The Morgan fingerprint density at radius 1 is 1.32 bits per heavy atom. The Balaban J connectivity index is 1.64. The summed E-state index contributed by atoms with van der Waals surface area (Å²) >= 11 is 0. The van der Waals surface area contributed by atoms with Crippen molar-refractivity contribution in [1.82, 2.24) is 25.5 Å². The lowest BCUT2D eigenvalue weighted by Gasteiger charge is -2.34. The van der Waals surface area contributed by atoms with E-state index in [1.165, 1.54) is 0 Å². The van der Waals surface area contributed by atoms with E-state index in [0.29, 0.717) is 11.5 Å². The zero-order valence-electron chi connectivity index (χ0n) is 14.6. The van der Waals surface area contributed by atoms with Crippen molar-refractivity contribution in [2.24, 2.45) is 0 Å². The van der Waals surface area contributed by atoms with Crippen molar-refractivity contribution in [1.29, 1.82) is 0 Å². The van der Waals surface area contributed by atoms with Gasteiger partial charge in [-0.25, -0.2) is 9.97 Å². The third kappa shape index (κ3) is 4.20. The summed E-state index contributed by atoms with van der Waals surface area (Å²) in [5.41, 5.74) is 1.36. The van der Waals surface area contributed by atoms with Crippen LogP contribution in [0.2, 0.25) is 0 Å². The molecule has 1 fully saturated rings. The second-order valence-electron chi connectivity index (χ2n) is 6.03. The van der Waals surface area contributed by atoms with Gasteiger partial charge in [0.05, 0.1) is 0 Å². The van der Waals surface area contributed by atoms with E-state index in [1.54, 1.807) is 25.5 Å². The molecule has 132 valence electrons. The Morgan fingerprint density at radius 3 is 2.92 bits per heavy atom. The number of aromatic nitrogens is 4. The molecule has 0 aromatic carbocycles. The first kappa shape index (κ1) is 17.1. The monoisotopic (exact) mass is 341 g/mol. The van der Waals surface area contributed by atoms with Crippen LogP contribution in [0, 0.1) is 0 Å². The van der Waals surface area contributed by atoms with E-state index in [0.717, 1.165) is 43.9 Å². The Hall–Kier alpha value is -2.77. The van der Waals surface area contributed by atoms with E-state index < -0.39 is 0 Å². The van der Waals surface area contributed by atoms with Crippen molar-refractivity contribution in [3.63, 3.8) is 0 Å². The Bertz CT molecular complexity index is 719. The largest absolute Gasteiger partial charge is 0.364 e. The minimum absolute atomic E-state index is 0.238. The second-order valence-corrected chi connectivity index (χ2v) is 6.03. The number of anilines is 2. The summed E-state index contributed by atoms with van der Waals surface area (Å²) in [4.78, 5) is 22.5. The number of amides is 1. The summed E-state index contributed by atoms with van der Waals surface area (Å²) < 4.78 is 0. The average Bonchev–Trinajstić information content (AvgIpc) is 2.68. The topological polar surface area (TPSA) is 95.9 Å². The fourth-order valence-corrected chi connectivity index (χ4v) is 2.92. The average molecular weight is 341 g/mol. The van der Waals surface area contributed by atoms with Gasteiger partial charge in [0.25, 0.3) is 5.91 Å². The number of rotatable bonds is 5. The minimum atomic E-state index is -0.238. The van der Waals surface area contributed by atoms with E-state index >= 15 is 0 Å². The van der Waals surface area contributed by atoms with Gasteiger partial charge >= 0.3 is 0 Å². The molecule has 0 bridgehead atoms. The van der Waals surface area contributed by atoms with E-state index in [1.807, 2.05) is 0 Å². The predicted octanol–water partition coefficient (Wildman–Crippen LogP) is 1.27. The molecule has 1 saturated heterocycles. The number of nitrogens with zero attached hydrogens (tertiary/aromatic N) is 5. The highest BCUT2D eigenvalue weighted by molar-refractivity contribution is 5.91. The molecule has 25 heavy (non-hydrogen) atoms. The number of piperidine rings is 1. The third-order valence-electron chi connectivity index (χ3n) is 4.29. The summed E-state index contributed by atoms with van der Waals surface area (Å²) in [6.07, 6.45) is 4.67. The molecule has 2 N–H and O–H groups in total. The van der Waals surface area contributed by atoms with Crippen LogP contribution in [0.1, 0.15) is 35.9 Å². The number of carbonyl (C=O) groups is 1. The van der Waals surface area contributed by atoms with Gasteiger partial charge in [-0.2, -0.15) is 0 Å². The van der Waals surface area contributed by atoms with Crippen molar-refractivity contribution in [3.05, 3.63) is 35.9 Å². The van der Waals surface area contributed by atoms with Crippen molar-refractivity contribution in [2.45, 2.75) is 32.2 Å². The molecule has 3 heterocycles. The van der Waals surface area contributed by atoms with Crippen LogP contribution in [-0.4, -0.2) is 52.3 Å². The van der Waals surface area contributed by atoms with Crippen molar-refractivity contribution < 1.29 is 4.79 Å². The number of aryl methyl sites for hydroxylation is 1. The van der Waals surface area contributed by atoms with Crippen molar-refractivity contribution in [2.75, 3.05) is 30.4 Å². The summed E-state index contributed by atoms with van der Waals surface area (Å²) in [7, 11) is 1.57. The normalized spacial score (nSPS) is 17.2. The van der Waals surface area contributed by atoms with E-state index in [9.17, 15) is 4.79 Å². The maximum absolute atomic E-state index is 11.5. The molecule has 1 amide bonds. The number of nitrogens with one attached hydrogen (secondary N) is 2. The molecule has 3 rings (SSSR count). The van der Waals surface area contributed by atoms with Gasteiger partial charge in [-0.05, 0) is 31.4 Å². The lowest BCUT2D eigenvalue weighted by atomic mass is 10.1. The molecule has 0 radical (unpaired) electrons. The summed E-state index contributed by atoms with van der Waals surface area (Å²) in [5.74, 6) is 1.41. The van der Waals surface area contributed by atoms with Crippen LogP contribution in [0.5, 0.6) is 0 Å². The van der Waals surface area contributed by atoms with Crippen molar-refractivity contribution in [3.8, 4) is 0 Å². The number of carbonyl (C=O) groups excluding carboxylic acids is 1. The standard InChI is InChI=1S/C17H23N7O/c1-3-12-9-16(20-11-19-12)24-8-4-5-13(10-24)21-15-7-6-14(22-23-15)17(25)18-2/h6-7,9,11,13H,3-5,8,10H2,1-2H3,(H,18,25)(H,21,23). The fraction of sp³-hybridized carbons (Fsp3) is 0.471. The van der Waals surface area contributed by atoms with Crippen LogP contribution < -0.4 is 15.5 Å². The van der Waals surface area contributed by atoms with Crippen LogP contribution in [-0.2, 0) is 6.42 Å². The van der Waals surface area contributed by atoms with Gasteiger partial charge in [0.15, 0.2) is 5.69 Å². The summed E-state index contributed by atoms with van der Waals surface area (Å²) in [5, 5.41) is 14.0. The molecular weight excluding hydrogens is 318 g/mol. The van der Waals surface area contributed by atoms with Crippen LogP contribution in [0.3, 0.4) is 0 Å². The van der Waals surface area contributed by atoms with Crippen LogP contribution in [0.4, 0.5) is 11.6 Å². The first-order valence-corrected chi connectivity index (χ1v) is 8.57. The highest BCUT2D eigenvalue weighted by atomic mass is 16.1. The van der Waals surface area contributed by atoms with Gasteiger partial charge in [0.2, 0.25) is 0 Å². The highest BCUT2D eigenvalue weighted by Gasteiger charge is 2.21. The SMILES string of the molecule is CCc1cc(N2CCCC(Nc3ccc(C(=O)NC)nn3)C2)ncn1. The molecule has 2 aromatic heterocycles. The van der Waals surface area contributed by atoms with Gasteiger partial charge in [-0.1, -0.05) is 6.92 Å². The highest BCUT2D eigenvalue weighted by Crippen LogP contribution is 2.20. The third-order valence-corrected chi connectivity index (χ3v) is 4.29. The van der Waals surface area contributed by atoms with Crippen LogP contribution in [0.25, 0.3) is 0 Å². The molecule has 0 aliphatic carbocycles. The maximum atomic E-state index is 11.5. The second kappa shape index (κ2) is 7.87. The van der Waals surface area contributed by atoms with Gasteiger partial charge in [-0.3, -0.25) is 4.79 Å². The van der Waals surface area contributed by atoms with Gasteiger partial charge in [0, 0.05) is 37.9 Å². The Morgan fingerprint density at radius 2 is 2.20 bits per heavy atom. The van der Waals surface area contributed by atoms with Crippen molar-refractivity contribution >= 4 is 17.5 Å². The number of hydrogen-bond acceptors (Lipinski definition) is 7. The van der Waals surface area contributed by atoms with Gasteiger partial charge < -0.3 is 15.5 Å². The smallest absolute Gasteiger partial charge is 0.271 e. The Labute approximate surface area is 147 Å². The van der Waals surface area contributed by atoms with E-state index in [2.05, 4.69) is 48.7 Å². The summed E-state index contributed by atoms with van der Waals surface area (Å²) in [6.45, 7) is 3.92. The first-order valence-electron chi connectivity index (χ1n) is 8.57. The Kier molecular flexibility index (Phi) is 5.37. The minimum Gasteiger partial charge on any atom is -0.364 e. The fourth-order valence-electron chi connectivity index (χ4n) is 2.92. The maximum Gasteiger partial charge on any atom is 0.271 e. The first-order chi connectivity index (χ1) is 12.2. The van der Waals surface area contributed by atoms with E-state index in [-0.39, 0.29) is 11.9 Å².